The van der Waals surface area contributed by atoms with E-state index in [1.54, 1.807) is 24.3 Å². The van der Waals surface area contributed by atoms with E-state index in [2.05, 4.69) is 15.9 Å². The van der Waals surface area contributed by atoms with Crippen LogP contribution in [0.2, 0.25) is 0 Å². The van der Waals surface area contributed by atoms with Gasteiger partial charge in [0.2, 0.25) is 10.0 Å². The Morgan fingerprint density at radius 2 is 1.63 bits per heavy atom. The van der Waals surface area contributed by atoms with Crippen LogP contribution in [-0.4, -0.2) is 43.1 Å². The van der Waals surface area contributed by atoms with Crippen LogP contribution >= 0.6 is 15.9 Å². The van der Waals surface area contributed by atoms with Crippen molar-refractivity contribution in [1.29, 1.82) is 0 Å². The van der Waals surface area contributed by atoms with Gasteiger partial charge in [-0.3, -0.25) is 0 Å². The second-order valence-electron chi connectivity index (χ2n) is 7.09. The molecule has 27 heavy (non-hydrogen) atoms. The quantitative estimate of drug-likeness (QED) is 0.609. The Hall–Kier alpha value is -1.25. The second kappa shape index (κ2) is 9.80. The van der Waals surface area contributed by atoms with E-state index in [0.717, 1.165) is 10.0 Å². The van der Waals surface area contributed by atoms with E-state index >= 15 is 0 Å². The molecule has 148 valence electrons. The molecule has 2 atom stereocenters. The molecule has 0 heterocycles. The Balaban J connectivity index is 2.16. The fourth-order valence-corrected chi connectivity index (χ4v) is 4.69. The molecule has 0 spiro atoms. The summed E-state index contributed by atoms with van der Waals surface area (Å²) in [5, 5.41) is 10.6. The molecule has 2 aromatic rings. The average molecular weight is 455 g/mol. The van der Waals surface area contributed by atoms with Crippen molar-refractivity contribution in [3.8, 4) is 0 Å². The summed E-state index contributed by atoms with van der Waals surface area (Å²) in [4.78, 5) is 0.204. The number of sulfonamides is 1. The Kier molecular flexibility index (Phi) is 8.00. The van der Waals surface area contributed by atoms with Gasteiger partial charge in [-0.25, -0.2) is 8.42 Å². The molecule has 0 aliphatic heterocycles. The Bertz CT molecular complexity index is 811. The van der Waals surface area contributed by atoms with Crippen molar-refractivity contribution in [3.05, 3.63) is 64.6 Å². The molecule has 2 rings (SSSR count). The molecule has 0 fully saturated rings. The van der Waals surface area contributed by atoms with Gasteiger partial charge in [0.05, 0.1) is 11.0 Å². The second-order valence-corrected chi connectivity index (χ2v) is 9.94. The molecule has 0 radical (unpaired) electrons. The monoisotopic (exact) mass is 454 g/mol. The molecular weight excluding hydrogens is 428 g/mol. The van der Waals surface area contributed by atoms with E-state index in [0.29, 0.717) is 13.0 Å². The highest BCUT2D eigenvalue weighted by atomic mass is 79.9. The van der Waals surface area contributed by atoms with Crippen molar-refractivity contribution in [2.75, 3.05) is 13.1 Å². The lowest BCUT2D eigenvalue weighted by Gasteiger charge is -2.28. The summed E-state index contributed by atoms with van der Waals surface area (Å²) in [6.45, 7) is 4.17. The minimum absolute atomic E-state index is 0.0371. The highest BCUT2D eigenvalue weighted by molar-refractivity contribution is 9.10. The zero-order chi connectivity index (χ0) is 20.0. The first kappa shape index (κ1) is 22.0. The lowest BCUT2D eigenvalue weighted by atomic mass is 10.0. The Labute approximate surface area is 170 Å². The third-order valence-corrected chi connectivity index (χ3v) is 6.59. The predicted octanol–water partition coefficient (Wildman–Crippen LogP) is 3.03. The van der Waals surface area contributed by atoms with Gasteiger partial charge in [-0.05, 0) is 42.2 Å². The predicted molar refractivity (Wildman–Crippen MR) is 112 cm³/mol. The molecule has 0 amide bonds. The van der Waals surface area contributed by atoms with Crippen molar-refractivity contribution in [2.24, 2.45) is 11.7 Å². The van der Waals surface area contributed by atoms with Crippen molar-refractivity contribution in [2.45, 2.75) is 37.3 Å². The maximum atomic E-state index is 13.1. The largest absolute Gasteiger partial charge is 0.390 e. The van der Waals surface area contributed by atoms with E-state index in [4.69, 9.17) is 5.73 Å². The van der Waals surface area contributed by atoms with Crippen LogP contribution in [0, 0.1) is 5.92 Å². The zero-order valence-electron chi connectivity index (χ0n) is 15.6. The first-order valence-electron chi connectivity index (χ1n) is 8.93. The lowest BCUT2D eigenvalue weighted by molar-refractivity contribution is 0.116. The molecule has 0 bridgehead atoms. The summed E-state index contributed by atoms with van der Waals surface area (Å²) in [7, 11) is -3.72. The molecule has 7 heteroatoms. The van der Waals surface area contributed by atoms with E-state index < -0.39 is 22.2 Å². The molecule has 0 aromatic heterocycles. The molecule has 0 unspecified atom stereocenters. The summed E-state index contributed by atoms with van der Waals surface area (Å²) >= 11 is 3.32. The van der Waals surface area contributed by atoms with Crippen molar-refractivity contribution >= 4 is 26.0 Å². The van der Waals surface area contributed by atoms with Crippen molar-refractivity contribution < 1.29 is 13.5 Å². The van der Waals surface area contributed by atoms with E-state index in [-0.39, 0.29) is 17.4 Å². The smallest absolute Gasteiger partial charge is 0.243 e. The molecule has 5 nitrogen and oxygen atoms in total. The van der Waals surface area contributed by atoms with Crippen LogP contribution in [-0.2, 0) is 16.4 Å². The highest BCUT2D eigenvalue weighted by Crippen LogP contribution is 2.21. The van der Waals surface area contributed by atoms with Crippen LogP contribution in [0.1, 0.15) is 19.4 Å². The van der Waals surface area contributed by atoms with Gasteiger partial charge in [-0.2, -0.15) is 4.31 Å². The van der Waals surface area contributed by atoms with E-state index in [9.17, 15) is 13.5 Å². The summed E-state index contributed by atoms with van der Waals surface area (Å²) in [5.74, 6) is 0.118. The fraction of sp³-hybridized carbons (Fsp3) is 0.400. The molecule has 2 aromatic carbocycles. The topological polar surface area (TPSA) is 83.6 Å². The first-order valence-corrected chi connectivity index (χ1v) is 11.2. The third kappa shape index (κ3) is 6.40. The number of halogens is 1. The summed E-state index contributed by atoms with van der Waals surface area (Å²) in [5.41, 5.74) is 7.16. The van der Waals surface area contributed by atoms with Crippen LogP contribution in [0.4, 0.5) is 0 Å². The number of rotatable bonds is 9. The highest BCUT2D eigenvalue weighted by Gasteiger charge is 2.29. The lowest BCUT2D eigenvalue weighted by Crippen LogP contribution is -2.47. The van der Waals surface area contributed by atoms with Crippen molar-refractivity contribution in [3.63, 3.8) is 0 Å². The molecule has 3 N–H and O–H groups in total. The maximum Gasteiger partial charge on any atom is 0.243 e. The SMILES string of the molecule is CC(C)CN(C[C@@H](O)[C@@H](N)Cc1ccccc1)S(=O)(=O)c1ccc(Br)cc1. The number of nitrogens with two attached hydrogens (primary N) is 1. The standard InChI is InChI=1S/C20H27BrN2O3S/c1-15(2)13-23(27(25,26)18-10-8-17(21)9-11-18)14-20(24)19(22)12-16-6-4-3-5-7-16/h3-11,15,19-20,24H,12-14,22H2,1-2H3/t19-,20+/m0/s1. The van der Waals surface area contributed by atoms with Gasteiger partial charge < -0.3 is 10.8 Å². The first-order chi connectivity index (χ1) is 12.7. The van der Waals surface area contributed by atoms with Gasteiger partial charge in [0.15, 0.2) is 0 Å². The van der Waals surface area contributed by atoms with Crippen LogP contribution < -0.4 is 5.73 Å². The van der Waals surface area contributed by atoms with E-state index in [1.807, 2.05) is 44.2 Å². The van der Waals surface area contributed by atoms with Crippen LogP contribution in [0.3, 0.4) is 0 Å². The summed E-state index contributed by atoms with van der Waals surface area (Å²) in [6.07, 6.45) is -0.482. The number of hydrogen-bond acceptors (Lipinski definition) is 4. The summed E-state index contributed by atoms with van der Waals surface area (Å²) in [6, 6.07) is 15.6. The van der Waals surface area contributed by atoms with Crippen LogP contribution in [0.25, 0.3) is 0 Å². The van der Waals surface area contributed by atoms with Gasteiger partial charge in [-0.1, -0.05) is 60.1 Å². The Morgan fingerprint density at radius 3 is 2.19 bits per heavy atom. The number of hydrogen-bond donors (Lipinski definition) is 2. The molecule has 0 aliphatic rings. The molecule has 0 saturated heterocycles. The van der Waals surface area contributed by atoms with E-state index in [1.165, 1.54) is 4.31 Å². The average Bonchev–Trinajstić information content (AvgIpc) is 2.62. The number of aliphatic hydroxyl groups excluding tert-OH is 1. The van der Waals surface area contributed by atoms with Gasteiger partial charge >= 0.3 is 0 Å². The molecule has 0 aliphatic carbocycles. The zero-order valence-corrected chi connectivity index (χ0v) is 18.0. The number of nitrogens with zero attached hydrogens (tertiary/aromatic N) is 1. The fourth-order valence-electron chi connectivity index (χ4n) is 2.80. The van der Waals surface area contributed by atoms with Gasteiger partial charge in [-0.15, -0.1) is 0 Å². The van der Waals surface area contributed by atoms with Crippen LogP contribution in [0.5, 0.6) is 0 Å². The van der Waals surface area contributed by atoms with Gasteiger partial charge in [0.25, 0.3) is 0 Å². The minimum atomic E-state index is -3.72. The normalized spacial score (nSPS) is 14.5. The Morgan fingerprint density at radius 1 is 1.04 bits per heavy atom. The van der Waals surface area contributed by atoms with Crippen LogP contribution in [0.15, 0.2) is 64.0 Å². The minimum Gasteiger partial charge on any atom is -0.390 e. The maximum absolute atomic E-state index is 13.1. The number of benzene rings is 2. The molecular formula is C20H27BrN2O3S. The summed E-state index contributed by atoms with van der Waals surface area (Å²) < 4.78 is 28.2. The molecule has 0 saturated carbocycles. The van der Waals surface area contributed by atoms with Gasteiger partial charge in [0.1, 0.15) is 0 Å². The van der Waals surface area contributed by atoms with Crippen molar-refractivity contribution in [1.82, 2.24) is 4.31 Å². The van der Waals surface area contributed by atoms with Gasteiger partial charge in [0, 0.05) is 23.6 Å². The number of aliphatic hydroxyl groups is 1. The third-order valence-electron chi connectivity index (χ3n) is 4.22.